The normalized spacial score (nSPS) is 16.5. The number of carbonyl (C=O) groups excluding carboxylic acids is 1. The monoisotopic (exact) mass is 350 g/mol. The Morgan fingerprint density at radius 2 is 1.96 bits per heavy atom. The number of carbonyl (C=O) groups is 1. The van der Waals surface area contributed by atoms with Gasteiger partial charge >= 0.3 is 0 Å². The molecule has 0 bridgehead atoms. The topological polar surface area (TPSA) is 65.6 Å². The third-order valence-electron chi connectivity index (χ3n) is 4.06. The van der Waals surface area contributed by atoms with Gasteiger partial charge in [0.25, 0.3) is 5.91 Å². The number of amides is 1. The molecular weight excluding hydrogens is 324 g/mol. The van der Waals surface area contributed by atoms with Crippen molar-refractivity contribution in [3.05, 3.63) is 29.8 Å². The van der Waals surface area contributed by atoms with Crippen LogP contribution in [0, 0.1) is 0 Å². The van der Waals surface area contributed by atoms with Crippen molar-refractivity contribution in [2.45, 2.75) is 32.8 Å². The largest absolute Gasteiger partial charge is 0.376 e. The highest BCUT2D eigenvalue weighted by Crippen LogP contribution is 2.14. The number of rotatable bonds is 6. The van der Waals surface area contributed by atoms with E-state index in [2.05, 4.69) is 34.9 Å². The average Bonchev–Trinajstić information content (AvgIpc) is 3.13. The molecule has 0 radical (unpaired) electrons. The van der Waals surface area contributed by atoms with Gasteiger partial charge in [0, 0.05) is 37.5 Å². The highest BCUT2D eigenvalue weighted by Gasteiger charge is 2.15. The van der Waals surface area contributed by atoms with E-state index in [0.717, 1.165) is 38.2 Å². The molecule has 1 amide bonds. The maximum atomic E-state index is 12.1. The number of anilines is 1. The lowest BCUT2D eigenvalue weighted by Crippen LogP contribution is -2.48. The molecular formula is C17H26N4O2S. The molecule has 0 aromatic heterocycles. The Morgan fingerprint density at radius 1 is 1.25 bits per heavy atom. The SMILES string of the molecule is CCN(CC)c1ccc(C(=O)NNC(=S)NC[C@@H]2CCCO2)cc1. The van der Waals surface area contributed by atoms with E-state index in [1.807, 2.05) is 24.3 Å². The van der Waals surface area contributed by atoms with Gasteiger partial charge in [-0.1, -0.05) is 0 Å². The average molecular weight is 350 g/mol. The number of hydrogen-bond donors (Lipinski definition) is 3. The molecule has 2 rings (SSSR count). The first-order valence-corrected chi connectivity index (χ1v) is 8.85. The third kappa shape index (κ3) is 5.35. The summed E-state index contributed by atoms with van der Waals surface area (Å²) in [6.45, 7) is 7.56. The van der Waals surface area contributed by atoms with Crippen molar-refractivity contribution in [2.24, 2.45) is 0 Å². The molecule has 132 valence electrons. The number of ether oxygens (including phenoxy) is 1. The zero-order chi connectivity index (χ0) is 17.4. The highest BCUT2D eigenvalue weighted by molar-refractivity contribution is 7.80. The fourth-order valence-corrected chi connectivity index (χ4v) is 2.79. The Bertz CT molecular complexity index is 540. The minimum absolute atomic E-state index is 0.202. The van der Waals surface area contributed by atoms with Crippen molar-refractivity contribution < 1.29 is 9.53 Å². The van der Waals surface area contributed by atoms with Gasteiger partial charge in [-0.3, -0.25) is 15.6 Å². The van der Waals surface area contributed by atoms with Crippen molar-refractivity contribution in [1.82, 2.24) is 16.2 Å². The van der Waals surface area contributed by atoms with Gasteiger partial charge < -0.3 is 15.0 Å². The summed E-state index contributed by atoms with van der Waals surface area (Å²) < 4.78 is 5.51. The van der Waals surface area contributed by atoms with Gasteiger partial charge in [0.15, 0.2) is 5.11 Å². The number of hydrazine groups is 1. The molecule has 24 heavy (non-hydrogen) atoms. The molecule has 0 aliphatic carbocycles. The van der Waals surface area contributed by atoms with E-state index in [4.69, 9.17) is 17.0 Å². The van der Waals surface area contributed by atoms with Crippen LogP contribution >= 0.6 is 12.2 Å². The van der Waals surface area contributed by atoms with E-state index < -0.39 is 0 Å². The van der Waals surface area contributed by atoms with E-state index in [9.17, 15) is 4.79 Å². The zero-order valence-corrected chi connectivity index (χ0v) is 15.1. The maximum Gasteiger partial charge on any atom is 0.269 e. The molecule has 6 nitrogen and oxygen atoms in total. The summed E-state index contributed by atoms with van der Waals surface area (Å²) in [5, 5.41) is 3.43. The Hall–Kier alpha value is -1.86. The lowest BCUT2D eigenvalue weighted by atomic mass is 10.2. The molecule has 0 spiro atoms. The molecule has 1 saturated heterocycles. The lowest BCUT2D eigenvalue weighted by molar-refractivity contribution is 0.0943. The van der Waals surface area contributed by atoms with Crippen LogP contribution < -0.4 is 21.1 Å². The van der Waals surface area contributed by atoms with Crippen LogP contribution in [0.1, 0.15) is 37.0 Å². The predicted molar refractivity (Wildman–Crippen MR) is 100 cm³/mol. The van der Waals surface area contributed by atoms with Crippen molar-refractivity contribution >= 4 is 28.9 Å². The first-order chi connectivity index (χ1) is 11.6. The second-order valence-corrected chi connectivity index (χ2v) is 6.05. The Balaban J connectivity index is 1.76. The Labute approximate surface area is 148 Å². The van der Waals surface area contributed by atoms with Crippen LogP contribution in [0.4, 0.5) is 5.69 Å². The summed E-state index contributed by atoms with van der Waals surface area (Å²) in [7, 11) is 0. The zero-order valence-electron chi connectivity index (χ0n) is 14.3. The van der Waals surface area contributed by atoms with Crippen LogP contribution in [0.25, 0.3) is 0 Å². The van der Waals surface area contributed by atoms with Gasteiger partial charge in [-0.05, 0) is 63.2 Å². The summed E-state index contributed by atoms with van der Waals surface area (Å²) in [5.41, 5.74) is 7.02. The second-order valence-electron chi connectivity index (χ2n) is 5.64. The van der Waals surface area contributed by atoms with Crippen LogP contribution in [0.3, 0.4) is 0 Å². The van der Waals surface area contributed by atoms with Crippen LogP contribution in [0.15, 0.2) is 24.3 Å². The lowest BCUT2D eigenvalue weighted by Gasteiger charge is -2.21. The quantitative estimate of drug-likeness (QED) is 0.537. The summed E-state index contributed by atoms with van der Waals surface area (Å²) in [5.74, 6) is -0.220. The van der Waals surface area contributed by atoms with E-state index in [1.165, 1.54) is 0 Å². The van der Waals surface area contributed by atoms with Gasteiger partial charge in [0.2, 0.25) is 0 Å². The van der Waals surface area contributed by atoms with Gasteiger partial charge in [-0.25, -0.2) is 0 Å². The summed E-state index contributed by atoms with van der Waals surface area (Å²) >= 11 is 5.14. The van der Waals surface area contributed by atoms with Crippen molar-refractivity contribution in [3.8, 4) is 0 Å². The number of benzene rings is 1. The highest BCUT2D eigenvalue weighted by atomic mass is 32.1. The summed E-state index contributed by atoms with van der Waals surface area (Å²) in [4.78, 5) is 14.4. The van der Waals surface area contributed by atoms with E-state index in [-0.39, 0.29) is 12.0 Å². The van der Waals surface area contributed by atoms with Crippen LogP contribution in [0.2, 0.25) is 0 Å². The van der Waals surface area contributed by atoms with Crippen LogP contribution in [0.5, 0.6) is 0 Å². The first kappa shape index (κ1) is 18.5. The molecule has 1 aliphatic heterocycles. The molecule has 1 aromatic carbocycles. The number of nitrogens with zero attached hydrogens (tertiary/aromatic N) is 1. The maximum absolute atomic E-state index is 12.1. The number of hydrogen-bond acceptors (Lipinski definition) is 4. The molecule has 0 unspecified atom stereocenters. The molecule has 1 aromatic rings. The van der Waals surface area contributed by atoms with Crippen molar-refractivity contribution in [2.75, 3.05) is 31.1 Å². The molecule has 0 saturated carbocycles. The minimum Gasteiger partial charge on any atom is -0.376 e. The van der Waals surface area contributed by atoms with E-state index in [0.29, 0.717) is 17.2 Å². The van der Waals surface area contributed by atoms with E-state index >= 15 is 0 Å². The molecule has 1 fully saturated rings. The standard InChI is InChI=1S/C17H26N4O2S/c1-3-21(4-2)14-9-7-13(8-10-14)16(22)19-20-17(24)18-12-15-6-5-11-23-15/h7-10,15H,3-6,11-12H2,1-2H3,(H,19,22)(H2,18,20,24)/t15-/m0/s1. The molecule has 1 heterocycles. The van der Waals surface area contributed by atoms with E-state index in [1.54, 1.807) is 0 Å². The predicted octanol–water partition coefficient (Wildman–Crippen LogP) is 1.82. The fraction of sp³-hybridized carbons (Fsp3) is 0.529. The molecule has 3 N–H and O–H groups in total. The fourth-order valence-electron chi connectivity index (χ4n) is 2.65. The third-order valence-corrected chi connectivity index (χ3v) is 4.31. The van der Waals surface area contributed by atoms with Gasteiger partial charge in [-0.15, -0.1) is 0 Å². The molecule has 1 aliphatic rings. The van der Waals surface area contributed by atoms with Gasteiger partial charge in [0.1, 0.15) is 0 Å². The second kappa shape index (κ2) is 9.44. The molecule has 7 heteroatoms. The Kier molecular flexibility index (Phi) is 7.27. The minimum atomic E-state index is -0.220. The van der Waals surface area contributed by atoms with Crippen molar-refractivity contribution in [3.63, 3.8) is 0 Å². The number of thiocarbonyl (C=S) groups is 1. The van der Waals surface area contributed by atoms with Crippen molar-refractivity contribution in [1.29, 1.82) is 0 Å². The van der Waals surface area contributed by atoms with Gasteiger partial charge in [0.05, 0.1) is 6.10 Å². The molecule has 1 atom stereocenters. The summed E-state index contributed by atoms with van der Waals surface area (Å²) in [6.07, 6.45) is 2.33. The smallest absolute Gasteiger partial charge is 0.269 e. The summed E-state index contributed by atoms with van der Waals surface area (Å²) in [6, 6.07) is 7.53. The Morgan fingerprint density at radius 3 is 2.54 bits per heavy atom. The number of nitrogens with one attached hydrogen (secondary N) is 3. The van der Waals surface area contributed by atoms with Crippen LogP contribution in [-0.4, -0.2) is 43.4 Å². The van der Waals surface area contributed by atoms with Crippen LogP contribution in [-0.2, 0) is 4.74 Å². The van der Waals surface area contributed by atoms with Gasteiger partial charge in [-0.2, -0.15) is 0 Å². The first-order valence-electron chi connectivity index (χ1n) is 8.44.